The number of fused-ring (bicyclic) bond motifs is 1. The zero-order valence-electron chi connectivity index (χ0n) is 11.5. The lowest BCUT2D eigenvalue weighted by Gasteiger charge is -2.06. The molecule has 2 N–H and O–H groups in total. The van der Waals surface area contributed by atoms with E-state index in [2.05, 4.69) is 10.2 Å². The van der Waals surface area contributed by atoms with Crippen molar-refractivity contribution in [2.75, 3.05) is 0 Å². The van der Waals surface area contributed by atoms with Gasteiger partial charge in [-0.25, -0.2) is 0 Å². The number of nitrogens with zero attached hydrogens (tertiary/aromatic N) is 2. The van der Waals surface area contributed by atoms with E-state index in [0.717, 1.165) is 10.8 Å². The molecule has 0 amide bonds. The molecule has 0 radical (unpaired) electrons. The van der Waals surface area contributed by atoms with Gasteiger partial charge in [0, 0.05) is 5.39 Å². The normalized spacial score (nSPS) is 12.1. The van der Waals surface area contributed by atoms with Crippen molar-refractivity contribution in [2.45, 2.75) is 0 Å². The van der Waals surface area contributed by atoms with Crippen molar-refractivity contribution >= 4 is 35.0 Å². The molecular formula is C16H13N2O3P. The van der Waals surface area contributed by atoms with Gasteiger partial charge in [-0.1, -0.05) is 48.5 Å². The maximum atomic E-state index is 11.5. The first-order valence-electron chi connectivity index (χ1n) is 6.60. The van der Waals surface area contributed by atoms with Crippen molar-refractivity contribution < 1.29 is 14.4 Å². The Kier molecular flexibility index (Phi) is 3.86. The van der Waals surface area contributed by atoms with Crippen molar-refractivity contribution in [3.8, 4) is 0 Å². The van der Waals surface area contributed by atoms with Gasteiger partial charge in [-0.2, -0.15) is 0 Å². The first-order valence-corrected chi connectivity index (χ1v) is 8.21. The van der Waals surface area contributed by atoms with Gasteiger partial charge in [-0.15, -0.1) is 10.2 Å². The number of rotatable bonds is 3. The maximum absolute atomic E-state index is 11.5. The van der Waals surface area contributed by atoms with Crippen LogP contribution in [0.5, 0.6) is 0 Å². The zero-order chi connectivity index (χ0) is 15.6. The van der Waals surface area contributed by atoms with Gasteiger partial charge < -0.3 is 9.79 Å². The third kappa shape index (κ3) is 2.97. The van der Waals surface area contributed by atoms with Crippen LogP contribution >= 0.6 is 7.60 Å². The van der Waals surface area contributed by atoms with E-state index in [9.17, 15) is 14.4 Å². The monoisotopic (exact) mass is 312 g/mol. The topological polar surface area (TPSA) is 82.2 Å². The van der Waals surface area contributed by atoms with Crippen molar-refractivity contribution in [3.05, 3.63) is 66.7 Å². The lowest BCUT2D eigenvalue weighted by molar-refractivity contribution is 0.387. The molecule has 0 aliphatic carbocycles. The molecule has 5 nitrogen and oxygen atoms in total. The molecule has 0 aliphatic rings. The summed E-state index contributed by atoms with van der Waals surface area (Å²) in [5.74, 6) is 0. The van der Waals surface area contributed by atoms with Gasteiger partial charge in [-0.3, -0.25) is 4.57 Å². The molecule has 3 rings (SSSR count). The highest BCUT2D eigenvalue weighted by atomic mass is 31.2. The van der Waals surface area contributed by atoms with Crippen LogP contribution in [0.3, 0.4) is 0 Å². The Bertz CT molecular complexity index is 897. The number of hydrogen-bond donors (Lipinski definition) is 2. The minimum absolute atomic E-state index is 0.126. The van der Waals surface area contributed by atoms with Gasteiger partial charge in [-0.05, 0) is 23.6 Å². The average Bonchev–Trinajstić information content (AvgIpc) is 2.52. The molecular weight excluding hydrogens is 299 g/mol. The van der Waals surface area contributed by atoms with E-state index in [1.54, 1.807) is 12.1 Å². The summed E-state index contributed by atoms with van der Waals surface area (Å²) in [6.07, 6.45) is 0. The minimum atomic E-state index is -4.38. The fraction of sp³-hybridized carbons (Fsp3) is 0. The van der Waals surface area contributed by atoms with E-state index in [0.29, 0.717) is 5.69 Å². The standard InChI is InChI=1S/C16H13N2O3P/c19-22(20,21)16-11-4-3-9-15(16)18-17-14-10-5-7-12-6-1-2-8-13(12)14/h1-11H,(H2,19,20,21). The predicted molar refractivity (Wildman–Crippen MR) is 86.2 cm³/mol. The highest BCUT2D eigenvalue weighted by Crippen LogP contribution is 2.37. The van der Waals surface area contributed by atoms with Crippen molar-refractivity contribution in [1.29, 1.82) is 0 Å². The van der Waals surface area contributed by atoms with Crippen LogP contribution < -0.4 is 5.30 Å². The van der Waals surface area contributed by atoms with E-state index in [1.165, 1.54) is 12.1 Å². The van der Waals surface area contributed by atoms with E-state index < -0.39 is 7.60 Å². The lowest BCUT2D eigenvalue weighted by Crippen LogP contribution is -2.03. The molecule has 6 heteroatoms. The Morgan fingerprint density at radius 1 is 0.727 bits per heavy atom. The Balaban J connectivity index is 2.07. The summed E-state index contributed by atoms with van der Waals surface area (Å²) in [6.45, 7) is 0. The minimum Gasteiger partial charge on any atom is -0.321 e. The largest absolute Gasteiger partial charge is 0.358 e. The Morgan fingerprint density at radius 3 is 2.14 bits per heavy atom. The lowest BCUT2D eigenvalue weighted by atomic mass is 10.1. The van der Waals surface area contributed by atoms with E-state index in [1.807, 2.05) is 42.5 Å². The van der Waals surface area contributed by atoms with Crippen molar-refractivity contribution in [1.82, 2.24) is 0 Å². The third-order valence-corrected chi connectivity index (χ3v) is 4.23. The first kappa shape index (κ1) is 14.6. The number of azo groups is 1. The van der Waals surface area contributed by atoms with Crippen LogP contribution in [0.25, 0.3) is 10.8 Å². The molecule has 0 fully saturated rings. The van der Waals surface area contributed by atoms with Gasteiger partial charge in [0.25, 0.3) is 0 Å². The molecule has 0 aliphatic heterocycles. The average molecular weight is 312 g/mol. The summed E-state index contributed by atoms with van der Waals surface area (Å²) in [7, 11) is -4.38. The van der Waals surface area contributed by atoms with E-state index in [-0.39, 0.29) is 11.0 Å². The first-order chi connectivity index (χ1) is 10.6. The van der Waals surface area contributed by atoms with Gasteiger partial charge in [0.1, 0.15) is 5.69 Å². The quantitative estimate of drug-likeness (QED) is 0.565. The SMILES string of the molecule is O=P(O)(O)c1ccccc1N=Nc1cccc2ccccc12. The molecule has 0 saturated carbocycles. The molecule has 0 unspecified atom stereocenters. The van der Waals surface area contributed by atoms with Crippen LogP contribution in [0.2, 0.25) is 0 Å². The molecule has 0 heterocycles. The van der Waals surface area contributed by atoms with Crippen LogP contribution in [0.4, 0.5) is 11.4 Å². The van der Waals surface area contributed by atoms with Crippen LogP contribution in [0, 0.1) is 0 Å². The van der Waals surface area contributed by atoms with E-state index >= 15 is 0 Å². The molecule has 110 valence electrons. The highest BCUT2D eigenvalue weighted by Gasteiger charge is 2.20. The smallest absolute Gasteiger partial charge is 0.321 e. The fourth-order valence-electron chi connectivity index (χ4n) is 2.20. The molecule has 0 aromatic heterocycles. The summed E-state index contributed by atoms with van der Waals surface area (Å²) in [4.78, 5) is 18.7. The Morgan fingerprint density at radius 2 is 1.32 bits per heavy atom. The van der Waals surface area contributed by atoms with Crippen LogP contribution in [-0.4, -0.2) is 9.79 Å². The molecule has 0 atom stereocenters. The van der Waals surface area contributed by atoms with Gasteiger partial charge in [0.05, 0.1) is 11.0 Å². The summed E-state index contributed by atoms with van der Waals surface area (Å²) in [5.41, 5.74) is 0.822. The Labute approximate surface area is 127 Å². The molecule has 0 saturated heterocycles. The van der Waals surface area contributed by atoms with Crippen LogP contribution in [0.15, 0.2) is 77.0 Å². The molecule has 0 bridgehead atoms. The zero-order valence-corrected chi connectivity index (χ0v) is 12.4. The summed E-state index contributed by atoms with van der Waals surface area (Å²) in [6, 6.07) is 19.5. The Hall–Kier alpha value is -2.33. The maximum Gasteiger partial charge on any atom is 0.358 e. The highest BCUT2D eigenvalue weighted by molar-refractivity contribution is 7.60. The summed E-state index contributed by atoms with van der Waals surface area (Å²) in [5, 5.41) is 10.0. The molecule has 22 heavy (non-hydrogen) atoms. The van der Waals surface area contributed by atoms with E-state index in [4.69, 9.17) is 0 Å². The second-order valence-corrected chi connectivity index (χ2v) is 6.30. The summed E-state index contributed by atoms with van der Waals surface area (Å²) >= 11 is 0. The van der Waals surface area contributed by atoms with Gasteiger partial charge in [0.2, 0.25) is 0 Å². The second kappa shape index (κ2) is 5.81. The number of benzene rings is 3. The van der Waals surface area contributed by atoms with Crippen LogP contribution in [-0.2, 0) is 4.57 Å². The van der Waals surface area contributed by atoms with Gasteiger partial charge in [0.15, 0.2) is 0 Å². The molecule has 3 aromatic carbocycles. The molecule has 0 spiro atoms. The fourth-order valence-corrected chi connectivity index (χ4v) is 2.90. The summed E-state index contributed by atoms with van der Waals surface area (Å²) < 4.78 is 11.5. The predicted octanol–water partition coefficient (Wildman–Crippen LogP) is 4.06. The second-order valence-electron chi connectivity index (χ2n) is 4.73. The van der Waals surface area contributed by atoms with Crippen molar-refractivity contribution in [3.63, 3.8) is 0 Å². The van der Waals surface area contributed by atoms with Gasteiger partial charge >= 0.3 is 7.60 Å². The van der Waals surface area contributed by atoms with Crippen molar-refractivity contribution in [2.24, 2.45) is 10.2 Å². The van der Waals surface area contributed by atoms with Crippen LogP contribution in [0.1, 0.15) is 0 Å². The number of hydrogen-bond acceptors (Lipinski definition) is 3. The molecule has 3 aromatic rings. The third-order valence-electron chi connectivity index (χ3n) is 3.23.